The number of carbonyl (C=O) groups excluding carboxylic acids is 2. The number of nitrogens with one attached hydrogen (secondary N) is 2. The molecular weight excluding hydrogens is 354 g/mol. The second-order valence-corrected chi connectivity index (χ2v) is 8.20. The Kier molecular flexibility index (Phi) is 6.12. The maximum absolute atomic E-state index is 12.3. The zero-order chi connectivity index (χ0) is 19.5. The summed E-state index contributed by atoms with van der Waals surface area (Å²) >= 11 is 1.25. The lowest BCUT2D eigenvalue weighted by molar-refractivity contribution is -0.119. The van der Waals surface area contributed by atoms with Crippen LogP contribution in [0.4, 0.5) is 4.79 Å². The molecule has 8 nitrogen and oxygen atoms in total. The number of thioether (sulfide) groups is 1. The summed E-state index contributed by atoms with van der Waals surface area (Å²) in [7, 11) is 0. The lowest BCUT2D eigenvalue weighted by atomic mass is 10.1. The van der Waals surface area contributed by atoms with Gasteiger partial charge in [-0.2, -0.15) is 0 Å². The van der Waals surface area contributed by atoms with Crippen molar-refractivity contribution < 1.29 is 14.0 Å². The van der Waals surface area contributed by atoms with E-state index < -0.39 is 16.8 Å². The number of aryl methyl sites for hydroxylation is 1. The van der Waals surface area contributed by atoms with Gasteiger partial charge in [0.2, 0.25) is 5.91 Å². The molecule has 2 aromatic heterocycles. The average molecular weight is 379 g/mol. The normalized spacial score (nSPS) is 12.7. The summed E-state index contributed by atoms with van der Waals surface area (Å²) in [6.07, 6.45) is 1.61. The van der Waals surface area contributed by atoms with Gasteiger partial charge in [0.1, 0.15) is 5.76 Å². The van der Waals surface area contributed by atoms with Gasteiger partial charge in [-0.3, -0.25) is 10.1 Å². The van der Waals surface area contributed by atoms with Gasteiger partial charge < -0.3 is 14.3 Å². The Morgan fingerprint density at radius 2 is 2.04 bits per heavy atom. The van der Waals surface area contributed by atoms with Crippen molar-refractivity contribution >= 4 is 23.7 Å². The third kappa shape index (κ3) is 4.87. The van der Waals surface area contributed by atoms with Crippen molar-refractivity contribution in [3.63, 3.8) is 0 Å². The third-order valence-corrected chi connectivity index (χ3v) is 4.59. The van der Waals surface area contributed by atoms with Crippen molar-refractivity contribution in [2.45, 2.75) is 64.0 Å². The molecular formula is C17H25N5O3S. The highest BCUT2D eigenvalue weighted by molar-refractivity contribution is 8.00. The summed E-state index contributed by atoms with van der Waals surface area (Å²) in [6.45, 7) is 11.7. The van der Waals surface area contributed by atoms with Crippen LogP contribution in [0.1, 0.15) is 40.4 Å². The third-order valence-electron chi connectivity index (χ3n) is 3.51. The number of urea groups is 1. The molecule has 0 spiro atoms. The van der Waals surface area contributed by atoms with Crippen LogP contribution in [0.2, 0.25) is 0 Å². The molecule has 0 bridgehead atoms. The predicted octanol–water partition coefficient (Wildman–Crippen LogP) is 2.97. The van der Waals surface area contributed by atoms with Crippen LogP contribution in [0.5, 0.6) is 0 Å². The van der Waals surface area contributed by atoms with E-state index in [4.69, 9.17) is 4.42 Å². The van der Waals surface area contributed by atoms with Gasteiger partial charge in [-0.1, -0.05) is 11.8 Å². The number of hydrogen-bond acceptors (Lipinski definition) is 6. The Morgan fingerprint density at radius 3 is 2.58 bits per heavy atom. The molecule has 0 saturated heterocycles. The molecule has 0 saturated carbocycles. The molecule has 26 heavy (non-hydrogen) atoms. The summed E-state index contributed by atoms with van der Waals surface area (Å²) in [4.78, 5) is 24.1. The van der Waals surface area contributed by atoms with Crippen LogP contribution in [0.3, 0.4) is 0 Å². The topological polar surface area (TPSA) is 102 Å². The number of carbonyl (C=O) groups is 2. The molecule has 2 heterocycles. The van der Waals surface area contributed by atoms with Crippen molar-refractivity contribution in [1.29, 1.82) is 0 Å². The minimum atomic E-state index is -0.512. The van der Waals surface area contributed by atoms with Crippen LogP contribution in [0, 0.1) is 6.92 Å². The van der Waals surface area contributed by atoms with Crippen molar-refractivity contribution in [1.82, 2.24) is 25.4 Å². The Morgan fingerprint density at radius 1 is 1.35 bits per heavy atom. The highest BCUT2D eigenvalue weighted by Crippen LogP contribution is 2.28. The molecule has 3 amide bonds. The van der Waals surface area contributed by atoms with Gasteiger partial charge in [0.15, 0.2) is 11.0 Å². The fourth-order valence-electron chi connectivity index (χ4n) is 2.27. The van der Waals surface area contributed by atoms with E-state index in [1.165, 1.54) is 11.8 Å². The summed E-state index contributed by atoms with van der Waals surface area (Å²) in [5.41, 5.74) is 0.452. The van der Waals surface area contributed by atoms with E-state index in [-0.39, 0.29) is 5.91 Å². The maximum Gasteiger partial charge on any atom is 0.321 e. The van der Waals surface area contributed by atoms with E-state index in [9.17, 15) is 9.59 Å². The standard InChI is InChI=1S/C17H25N5O3S/c1-7-22-13(12-8-9-25-10(12)2)20-21-16(22)26-11(3)14(23)18-15(24)19-17(4,5)6/h8-9,11H,7H2,1-6H3,(H2,18,19,23,24)/t11-/m0/s1. The van der Waals surface area contributed by atoms with E-state index >= 15 is 0 Å². The zero-order valence-electron chi connectivity index (χ0n) is 15.9. The maximum atomic E-state index is 12.3. The van der Waals surface area contributed by atoms with Gasteiger partial charge in [0.05, 0.1) is 17.1 Å². The number of amides is 3. The first-order valence-electron chi connectivity index (χ1n) is 8.39. The van der Waals surface area contributed by atoms with E-state index in [1.54, 1.807) is 13.2 Å². The number of furan rings is 1. The molecule has 0 fully saturated rings. The van der Waals surface area contributed by atoms with Crippen molar-refractivity contribution in [2.75, 3.05) is 0 Å². The van der Waals surface area contributed by atoms with Gasteiger partial charge in [0, 0.05) is 12.1 Å². The van der Waals surface area contributed by atoms with Crippen LogP contribution in [-0.4, -0.2) is 37.5 Å². The van der Waals surface area contributed by atoms with E-state index in [0.717, 1.165) is 11.3 Å². The van der Waals surface area contributed by atoms with Crippen LogP contribution < -0.4 is 10.6 Å². The molecule has 1 atom stereocenters. The quantitative estimate of drug-likeness (QED) is 0.775. The number of rotatable bonds is 5. The molecule has 0 aliphatic heterocycles. The first-order chi connectivity index (χ1) is 12.1. The summed E-state index contributed by atoms with van der Waals surface area (Å²) < 4.78 is 7.25. The highest BCUT2D eigenvalue weighted by Gasteiger charge is 2.23. The predicted molar refractivity (Wildman–Crippen MR) is 99.9 cm³/mol. The second kappa shape index (κ2) is 7.94. The van der Waals surface area contributed by atoms with E-state index in [1.807, 2.05) is 45.3 Å². The van der Waals surface area contributed by atoms with Crippen LogP contribution >= 0.6 is 11.8 Å². The first-order valence-corrected chi connectivity index (χ1v) is 9.27. The van der Waals surface area contributed by atoms with Crippen LogP contribution in [0.25, 0.3) is 11.4 Å². The summed E-state index contributed by atoms with van der Waals surface area (Å²) in [5.74, 6) is 1.07. The number of hydrogen-bond donors (Lipinski definition) is 2. The molecule has 0 aliphatic rings. The van der Waals surface area contributed by atoms with E-state index in [0.29, 0.717) is 17.5 Å². The summed E-state index contributed by atoms with van der Waals surface area (Å²) in [6, 6.07) is 1.33. The molecule has 0 unspecified atom stereocenters. The Balaban J connectivity index is 2.08. The minimum Gasteiger partial charge on any atom is -0.469 e. The largest absolute Gasteiger partial charge is 0.469 e. The molecule has 9 heteroatoms. The Hall–Kier alpha value is -2.29. The van der Waals surface area contributed by atoms with Crippen molar-refractivity contribution in [2.24, 2.45) is 0 Å². The van der Waals surface area contributed by atoms with Gasteiger partial charge >= 0.3 is 6.03 Å². The minimum absolute atomic E-state index is 0.386. The number of aromatic nitrogens is 3. The fourth-order valence-corrected chi connectivity index (χ4v) is 3.19. The lowest BCUT2D eigenvalue weighted by Gasteiger charge is -2.21. The number of imide groups is 1. The molecule has 2 rings (SSSR count). The Labute approximate surface area is 157 Å². The lowest BCUT2D eigenvalue weighted by Crippen LogP contribution is -2.49. The molecule has 2 aromatic rings. The SMILES string of the molecule is CCn1c(S[C@@H](C)C(=O)NC(=O)NC(C)(C)C)nnc1-c1ccoc1C. The first kappa shape index (κ1) is 20.0. The van der Waals surface area contributed by atoms with Crippen molar-refractivity contribution in [3.8, 4) is 11.4 Å². The van der Waals surface area contributed by atoms with Crippen LogP contribution in [-0.2, 0) is 11.3 Å². The summed E-state index contributed by atoms with van der Waals surface area (Å²) in [5, 5.41) is 13.6. The molecule has 0 aromatic carbocycles. The van der Waals surface area contributed by atoms with Gasteiger partial charge in [-0.15, -0.1) is 10.2 Å². The fraction of sp³-hybridized carbons (Fsp3) is 0.529. The van der Waals surface area contributed by atoms with Gasteiger partial charge in [0.25, 0.3) is 0 Å². The van der Waals surface area contributed by atoms with Gasteiger partial charge in [-0.05, 0) is 47.6 Å². The van der Waals surface area contributed by atoms with E-state index in [2.05, 4.69) is 20.8 Å². The highest BCUT2D eigenvalue weighted by atomic mass is 32.2. The zero-order valence-corrected chi connectivity index (χ0v) is 16.7. The average Bonchev–Trinajstić information content (AvgIpc) is 3.10. The molecule has 0 aliphatic carbocycles. The second-order valence-electron chi connectivity index (χ2n) is 6.89. The Bertz CT molecular complexity index is 791. The molecule has 2 N–H and O–H groups in total. The smallest absolute Gasteiger partial charge is 0.321 e. The van der Waals surface area contributed by atoms with Crippen LogP contribution in [0.15, 0.2) is 21.9 Å². The number of nitrogens with zero attached hydrogens (tertiary/aromatic N) is 3. The monoisotopic (exact) mass is 379 g/mol. The van der Waals surface area contributed by atoms with Gasteiger partial charge in [-0.25, -0.2) is 4.79 Å². The van der Waals surface area contributed by atoms with Crippen molar-refractivity contribution in [3.05, 3.63) is 18.1 Å². The molecule has 0 radical (unpaired) electrons. The molecule has 142 valence electrons.